The fourth-order valence-electron chi connectivity index (χ4n) is 4.46. The fourth-order valence-corrected chi connectivity index (χ4v) is 4.46. The number of aliphatic hydroxyl groups is 2. The number of anilines is 2. The Hall–Kier alpha value is -1.55. The molecular formula is C22H42N6O3. The van der Waals surface area contributed by atoms with Gasteiger partial charge in [0.1, 0.15) is 6.33 Å². The van der Waals surface area contributed by atoms with Crippen LogP contribution >= 0.6 is 0 Å². The summed E-state index contributed by atoms with van der Waals surface area (Å²) in [5.41, 5.74) is -1.38. The average molecular weight is 439 g/mol. The molecule has 0 amide bonds. The lowest BCUT2D eigenvalue weighted by atomic mass is 9.78. The predicted molar refractivity (Wildman–Crippen MR) is 123 cm³/mol. The van der Waals surface area contributed by atoms with Crippen LogP contribution in [-0.4, -0.2) is 79.3 Å². The maximum absolute atomic E-state index is 10.2. The fraction of sp³-hybridized carbons (Fsp3) is 0.864. The van der Waals surface area contributed by atoms with Crippen molar-refractivity contribution in [2.24, 2.45) is 0 Å². The van der Waals surface area contributed by atoms with Crippen LogP contribution in [0.1, 0.15) is 74.1 Å². The summed E-state index contributed by atoms with van der Waals surface area (Å²) in [7, 11) is 0. The van der Waals surface area contributed by atoms with Crippen LogP contribution in [0.3, 0.4) is 0 Å². The maximum atomic E-state index is 10.2. The van der Waals surface area contributed by atoms with Gasteiger partial charge in [-0.2, -0.15) is 10.0 Å². The van der Waals surface area contributed by atoms with Gasteiger partial charge in [0.2, 0.25) is 11.9 Å². The van der Waals surface area contributed by atoms with Crippen molar-refractivity contribution < 1.29 is 15.1 Å². The van der Waals surface area contributed by atoms with Gasteiger partial charge in [0.05, 0.1) is 18.8 Å². The summed E-state index contributed by atoms with van der Waals surface area (Å²) < 4.78 is 0. The van der Waals surface area contributed by atoms with Crippen molar-refractivity contribution in [3.05, 3.63) is 6.33 Å². The smallest absolute Gasteiger partial charge is 0.230 e. The number of hydroxylamine groups is 2. The van der Waals surface area contributed by atoms with E-state index in [4.69, 9.17) is 9.94 Å². The summed E-state index contributed by atoms with van der Waals surface area (Å²) in [6.07, 6.45) is 5.39. The van der Waals surface area contributed by atoms with Crippen molar-refractivity contribution in [1.29, 1.82) is 0 Å². The molecule has 0 aromatic carbocycles. The quantitative estimate of drug-likeness (QED) is 0.480. The number of aromatic nitrogens is 3. The molecule has 0 unspecified atom stereocenters. The third-order valence-electron chi connectivity index (χ3n) is 5.52. The number of aliphatic hydroxyl groups excluding tert-OH is 1. The van der Waals surface area contributed by atoms with Gasteiger partial charge in [-0.3, -0.25) is 4.84 Å². The SMILES string of the molecule is CCCCN(c1ncnc(NCCO)n1)C1CC(C)(C)N(OCC(C)(C)O)C(C)(C)C1. The number of hydrogen-bond acceptors (Lipinski definition) is 9. The Balaban J connectivity index is 2.28. The van der Waals surface area contributed by atoms with Gasteiger partial charge >= 0.3 is 0 Å². The van der Waals surface area contributed by atoms with Crippen molar-refractivity contribution in [2.75, 3.05) is 36.5 Å². The zero-order valence-corrected chi connectivity index (χ0v) is 20.4. The van der Waals surface area contributed by atoms with E-state index in [2.05, 4.69) is 64.9 Å². The Labute approximate surface area is 187 Å². The van der Waals surface area contributed by atoms with Gasteiger partial charge in [-0.1, -0.05) is 13.3 Å². The van der Waals surface area contributed by atoms with Crippen LogP contribution in [0.15, 0.2) is 6.33 Å². The van der Waals surface area contributed by atoms with E-state index in [1.165, 1.54) is 6.33 Å². The van der Waals surface area contributed by atoms with Crippen LogP contribution in [0.25, 0.3) is 0 Å². The van der Waals surface area contributed by atoms with Gasteiger partial charge in [-0.05, 0) is 60.8 Å². The molecule has 0 bridgehead atoms. The predicted octanol–water partition coefficient (Wildman–Crippen LogP) is 2.61. The van der Waals surface area contributed by atoms with Gasteiger partial charge in [0.15, 0.2) is 0 Å². The third-order valence-corrected chi connectivity index (χ3v) is 5.52. The number of nitrogens with zero attached hydrogens (tertiary/aromatic N) is 5. The van der Waals surface area contributed by atoms with E-state index in [1.807, 2.05) is 0 Å². The molecule has 9 heteroatoms. The van der Waals surface area contributed by atoms with Gasteiger partial charge in [0.25, 0.3) is 0 Å². The number of unbranched alkanes of at least 4 members (excludes halogenated alkanes) is 1. The molecule has 1 fully saturated rings. The van der Waals surface area contributed by atoms with E-state index < -0.39 is 5.60 Å². The summed E-state index contributed by atoms with van der Waals surface area (Å²) in [6, 6.07) is 0.228. The molecule has 1 aromatic rings. The molecule has 1 saturated heterocycles. The molecule has 2 heterocycles. The zero-order valence-electron chi connectivity index (χ0n) is 20.4. The van der Waals surface area contributed by atoms with Gasteiger partial charge in [-0.15, -0.1) is 0 Å². The van der Waals surface area contributed by atoms with Crippen LogP contribution in [-0.2, 0) is 4.84 Å². The highest BCUT2D eigenvalue weighted by molar-refractivity contribution is 5.37. The summed E-state index contributed by atoms with van der Waals surface area (Å²) in [4.78, 5) is 21.7. The van der Waals surface area contributed by atoms with E-state index in [1.54, 1.807) is 13.8 Å². The van der Waals surface area contributed by atoms with E-state index in [0.717, 1.165) is 32.2 Å². The standard InChI is InChI=1S/C22H42N6O3/c1-8-9-11-27(19-25-16-24-18(26-19)23-10-12-29)17-13-20(2,3)28(21(4,5)14-17)31-15-22(6,7)30/h16-17,29-30H,8-15H2,1-7H3,(H,23,24,25,26). The van der Waals surface area contributed by atoms with Crippen molar-refractivity contribution in [2.45, 2.75) is 96.9 Å². The second-order valence-electron chi connectivity index (χ2n) is 10.4. The lowest BCUT2D eigenvalue weighted by Gasteiger charge is -2.56. The van der Waals surface area contributed by atoms with Crippen molar-refractivity contribution >= 4 is 11.9 Å². The lowest BCUT2D eigenvalue weighted by molar-refractivity contribution is -0.298. The molecular weight excluding hydrogens is 396 g/mol. The van der Waals surface area contributed by atoms with Crippen LogP contribution in [0.2, 0.25) is 0 Å². The first-order chi connectivity index (χ1) is 14.4. The van der Waals surface area contributed by atoms with Crippen LogP contribution in [0.4, 0.5) is 11.9 Å². The molecule has 0 atom stereocenters. The molecule has 0 radical (unpaired) electrons. The maximum Gasteiger partial charge on any atom is 0.230 e. The molecule has 178 valence electrons. The van der Waals surface area contributed by atoms with Crippen molar-refractivity contribution in [3.63, 3.8) is 0 Å². The first-order valence-corrected chi connectivity index (χ1v) is 11.4. The summed E-state index contributed by atoms with van der Waals surface area (Å²) in [5, 5.41) is 24.3. The number of piperidine rings is 1. The van der Waals surface area contributed by atoms with Gasteiger partial charge in [0, 0.05) is 30.2 Å². The normalized spacial score (nSPS) is 19.4. The molecule has 0 aliphatic carbocycles. The second-order valence-corrected chi connectivity index (χ2v) is 10.4. The minimum absolute atomic E-state index is 0.0199. The zero-order chi connectivity index (χ0) is 23.3. The summed E-state index contributed by atoms with van der Waals surface area (Å²) >= 11 is 0. The summed E-state index contributed by atoms with van der Waals surface area (Å²) in [5.74, 6) is 1.14. The molecule has 0 saturated carbocycles. The van der Waals surface area contributed by atoms with Crippen LogP contribution < -0.4 is 10.2 Å². The highest BCUT2D eigenvalue weighted by Gasteiger charge is 2.48. The molecule has 1 aliphatic heterocycles. The Morgan fingerprint density at radius 1 is 1.23 bits per heavy atom. The molecule has 2 rings (SSSR count). The topological polar surface area (TPSA) is 107 Å². The van der Waals surface area contributed by atoms with Crippen molar-refractivity contribution in [3.8, 4) is 0 Å². The minimum atomic E-state index is -0.890. The van der Waals surface area contributed by atoms with E-state index in [0.29, 0.717) is 18.4 Å². The Kier molecular flexibility index (Phi) is 8.61. The first-order valence-electron chi connectivity index (χ1n) is 11.4. The van der Waals surface area contributed by atoms with E-state index >= 15 is 0 Å². The molecule has 3 N–H and O–H groups in total. The molecule has 9 nitrogen and oxygen atoms in total. The highest BCUT2D eigenvalue weighted by Crippen LogP contribution is 2.41. The lowest BCUT2D eigenvalue weighted by Crippen LogP contribution is -2.64. The third kappa shape index (κ3) is 7.24. The summed E-state index contributed by atoms with van der Waals surface area (Å²) in [6.45, 7) is 16.0. The van der Waals surface area contributed by atoms with E-state index in [9.17, 15) is 5.11 Å². The molecule has 1 aromatic heterocycles. The van der Waals surface area contributed by atoms with Gasteiger partial charge < -0.3 is 20.4 Å². The highest BCUT2D eigenvalue weighted by atomic mass is 16.7. The number of hydrogen-bond donors (Lipinski definition) is 3. The van der Waals surface area contributed by atoms with Crippen LogP contribution in [0, 0.1) is 0 Å². The number of nitrogens with one attached hydrogen (secondary N) is 1. The van der Waals surface area contributed by atoms with Gasteiger partial charge in [-0.25, -0.2) is 9.97 Å². The van der Waals surface area contributed by atoms with E-state index in [-0.39, 0.29) is 30.3 Å². The number of rotatable bonds is 11. The average Bonchev–Trinajstić information content (AvgIpc) is 2.64. The Morgan fingerprint density at radius 3 is 2.42 bits per heavy atom. The molecule has 0 spiro atoms. The largest absolute Gasteiger partial charge is 0.395 e. The Morgan fingerprint density at radius 2 is 1.87 bits per heavy atom. The van der Waals surface area contributed by atoms with Crippen LogP contribution in [0.5, 0.6) is 0 Å². The minimum Gasteiger partial charge on any atom is -0.395 e. The monoisotopic (exact) mass is 438 g/mol. The molecule has 1 aliphatic rings. The first kappa shape index (κ1) is 25.7. The van der Waals surface area contributed by atoms with Crippen molar-refractivity contribution in [1.82, 2.24) is 20.0 Å². The Bertz CT molecular complexity index is 674. The second kappa shape index (κ2) is 10.4. The molecule has 31 heavy (non-hydrogen) atoms.